The third-order valence-corrected chi connectivity index (χ3v) is 5.94. The van der Waals surface area contributed by atoms with Crippen LogP contribution >= 0.6 is 35.3 Å². The Hall–Kier alpha value is -1.86. The summed E-state index contributed by atoms with van der Waals surface area (Å²) in [6.07, 6.45) is 0. The Morgan fingerprint density at radius 3 is 2.55 bits per heavy atom. The fraction of sp³-hybridized carbons (Fsp3) is 0.333. The van der Waals surface area contributed by atoms with Gasteiger partial charge in [0, 0.05) is 18.1 Å². The van der Waals surface area contributed by atoms with Gasteiger partial charge in [0.15, 0.2) is 11.7 Å². The number of carbonyl (C=O) groups excluding carboxylic acids is 1. The molecule has 0 N–H and O–H groups in total. The highest BCUT2D eigenvalue weighted by atomic mass is 35.5. The molecule has 0 fully saturated rings. The maximum atomic E-state index is 13.0. The summed E-state index contributed by atoms with van der Waals surface area (Å²) in [4.78, 5) is 21.4. The summed E-state index contributed by atoms with van der Waals surface area (Å²) in [6, 6.07) is 11.5. The molecule has 0 aliphatic heterocycles. The van der Waals surface area contributed by atoms with Crippen LogP contribution in [0, 0.1) is 13.8 Å². The Morgan fingerprint density at radius 2 is 1.86 bits per heavy atom. The first kappa shape index (κ1) is 23.4. The van der Waals surface area contributed by atoms with Crippen molar-refractivity contribution in [2.45, 2.75) is 13.8 Å². The normalized spacial score (nSPS) is 10.8. The zero-order chi connectivity index (χ0) is 20.3. The highest BCUT2D eigenvalue weighted by Gasteiger charge is 2.21. The second kappa shape index (κ2) is 10.3. The van der Waals surface area contributed by atoms with Crippen LogP contribution in [0.5, 0.6) is 5.75 Å². The number of fused-ring (bicyclic) bond motifs is 1. The quantitative estimate of drug-likeness (QED) is 0.506. The van der Waals surface area contributed by atoms with Gasteiger partial charge < -0.3 is 9.64 Å². The summed E-state index contributed by atoms with van der Waals surface area (Å²) >= 11 is 7.73. The summed E-state index contributed by atoms with van der Waals surface area (Å²) < 4.78 is 6.79. The highest BCUT2D eigenvalue weighted by Crippen LogP contribution is 2.33. The molecule has 1 amide bonds. The Bertz CT molecular complexity index is 991. The molecular weight excluding hydrogens is 429 g/mol. The smallest absolute Gasteiger partial charge is 0.266 e. The molecule has 2 aromatic carbocycles. The second-order valence-electron chi connectivity index (χ2n) is 6.92. The summed E-state index contributed by atoms with van der Waals surface area (Å²) in [5, 5.41) is 1.35. The molecule has 0 bridgehead atoms. The number of nitrogens with zero attached hydrogens (tertiary/aromatic N) is 3. The van der Waals surface area contributed by atoms with E-state index in [2.05, 4.69) is 0 Å². The van der Waals surface area contributed by atoms with Gasteiger partial charge in [0.1, 0.15) is 5.75 Å². The molecule has 3 rings (SSSR count). The number of amides is 1. The van der Waals surface area contributed by atoms with Crippen molar-refractivity contribution < 1.29 is 9.53 Å². The molecule has 0 unspecified atom stereocenters. The van der Waals surface area contributed by atoms with Crippen LogP contribution in [0.15, 0.2) is 36.4 Å². The first-order valence-electron chi connectivity index (χ1n) is 9.06. The molecule has 0 aliphatic carbocycles. The lowest BCUT2D eigenvalue weighted by atomic mass is 10.2. The molecule has 0 atom stereocenters. The van der Waals surface area contributed by atoms with E-state index in [0.29, 0.717) is 16.7 Å². The maximum absolute atomic E-state index is 13.0. The predicted octanol–water partition coefficient (Wildman–Crippen LogP) is 4.96. The van der Waals surface area contributed by atoms with Gasteiger partial charge in [-0.05, 0) is 57.3 Å². The summed E-state index contributed by atoms with van der Waals surface area (Å²) in [5.41, 5.74) is 2.77. The molecule has 1 heterocycles. The van der Waals surface area contributed by atoms with E-state index in [0.717, 1.165) is 33.6 Å². The van der Waals surface area contributed by atoms with Crippen LogP contribution in [0.3, 0.4) is 0 Å². The van der Waals surface area contributed by atoms with Gasteiger partial charge in [-0.25, -0.2) is 4.98 Å². The second-order valence-corrected chi connectivity index (χ2v) is 8.33. The third-order valence-electron chi connectivity index (χ3n) is 4.48. The molecule has 0 saturated carbocycles. The Kier molecular flexibility index (Phi) is 8.28. The zero-order valence-corrected chi connectivity index (χ0v) is 19.3. The van der Waals surface area contributed by atoms with Gasteiger partial charge in [-0.3, -0.25) is 9.69 Å². The number of anilines is 1. The molecule has 29 heavy (non-hydrogen) atoms. The Labute approximate surface area is 186 Å². The van der Waals surface area contributed by atoms with Crippen LogP contribution in [-0.4, -0.2) is 49.6 Å². The van der Waals surface area contributed by atoms with Gasteiger partial charge in [-0.2, -0.15) is 0 Å². The molecule has 0 saturated heterocycles. The molecule has 156 valence electrons. The first-order chi connectivity index (χ1) is 13.4. The van der Waals surface area contributed by atoms with Gasteiger partial charge in [0.05, 0.1) is 10.2 Å². The van der Waals surface area contributed by atoms with E-state index in [1.54, 1.807) is 4.90 Å². The fourth-order valence-corrected chi connectivity index (χ4v) is 3.99. The summed E-state index contributed by atoms with van der Waals surface area (Å²) in [6.45, 7) is 5.14. The van der Waals surface area contributed by atoms with Crippen molar-refractivity contribution in [3.05, 3.63) is 52.5 Å². The van der Waals surface area contributed by atoms with Crippen LogP contribution in [0.4, 0.5) is 5.13 Å². The topological polar surface area (TPSA) is 45.7 Å². The van der Waals surface area contributed by atoms with E-state index in [-0.39, 0.29) is 24.9 Å². The van der Waals surface area contributed by atoms with E-state index in [9.17, 15) is 4.79 Å². The number of hydrogen-bond donors (Lipinski definition) is 0. The van der Waals surface area contributed by atoms with E-state index >= 15 is 0 Å². The number of para-hydroxylation sites is 1. The average Bonchev–Trinajstić information content (AvgIpc) is 3.09. The Balaban J connectivity index is 0.00000300. The van der Waals surface area contributed by atoms with Crippen LogP contribution < -0.4 is 9.64 Å². The number of thiazole rings is 1. The number of hydrogen-bond acceptors (Lipinski definition) is 5. The van der Waals surface area contributed by atoms with E-state index in [1.165, 1.54) is 11.3 Å². The maximum Gasteiger partial charge on any atom is 0.266 e. The first-order valence-corrected chi connectivity index (χ1v) is 10.3. The number of halogens is 2. The van der Waals surface area contributed by atoms with E-state index in [1.807, 2.05) is 69.2 Å². The van der Waals surface area contributed by atoms with Gasteiger partial charge in [0.2, 0.25) is 0 Å². The minimum Gasteiger partial charge on any atom is -0.483 e. The number of ether oxygens (including phenoxy) is 1. The predicted molar refractivity (Wildman–Crippen MR) is 124 cm³/mol. The molecular formula is C21H25Cl2N3O2S. The number of benzene rings is 2. The number of aromatic nitrogens is 1. The van der Waals surface area contributed by atoms with Gasteiger partial charge >= 0.3 is 0 Å². The number of rotatable bonds is 7. The lowest BCUT2D eigenvalue weighted by molar-refractivity contribution is -0.120. The molecule has 8 heteroatoms. The summed E-state index contributed by atoms with van der Waals surface area (Å²) in [7, 11) is 3.96. The van der Waals surface area contributed by atoms with E-state index in [4.69, 9.17) is 21.3 Å². The minimum absolute atomic E-state index is 0. The van der Waals surface area contributed by atoms with Crippen molar-refractivity contribution in [3.63, 3.8) is 0 Å². The van der Waals surface area contributed by atoms with Crippen molar-refractivity contribution in [1.29, 1.82) is 0 Å². The van der Waals surface area contributed by atoms with Crippen LogP contribution in [0.2, 0.25) is 5.02 Å². The monoisotopic (exact) mass is 453 g/mol. The highest BCUT2D eigenvalue weighted by molar-refractivity contribution is 7.22. The Morgan fingerprint density at radius 1 is 1.14 bits per heavy atom. The van der Waals surface area contributed by atoms with Gasteiger partial charge in [-0.15, -0.1) is 12.4 Å². The van der Waals surface area contributed by atoms with Gasteiger partial charge in [0.25, 0.3) is 5.91 Å². The zero-order valence-electron chi connectivity index (χ0n) is 16.9. The molecule has 5 nitrogen and oxygen atoms in total. The van der Waals surface area contributed by atoms with Crippen LogP contribution in [0.25, 0.3) is 10.2 Å². The van der Waals surface area contributed by atoms with Crippen LogP contribution in [-0.2, 0) is 4.79 Å². The lowest BCUT2D eigenvalue weighted by Gasteiger charge is -2.22. The number of likely N-dealkylation sites (N-methyl/N-ethyl adjacent to an activating group) is 1. The van der Waals surface area contributed by atoms with Crippen molar-refractivity contribution in [1.82, 2.24) is 9.88 Å². The minimum atomic E-state index is -0.118. The largest absolute Gasteiger partial charge is 0.483 e. The van der Waals surface area contributed by atoms with Crippen molar-refractivity contribution in [2.75, 3.05) is 38.7 Å². The molecule has 0 aliphatic rings. The van der Waals surface area contributed by atoms with Gasteiger partial charge in [-0.1, -0.05) is 41.1 Å². The molecule has 3 aromatic rings. The molecule has 0 radical (unpaired) electrons. The summed E-state index contributed by atoms with van der Waals surface area (Å²) in [5.74, 6) is 0.600. The standard InChI is InChI=1S/C21H24ClN3O2S.ClH/c1-14-7-5-6-8-17(14)27-13-19(26)25(12-11-24(3)4)21-23-20-15(2)16(22)9-10-18(20)28-21;/h5-10H,11-13H2,1-4H3;1H. The number of carbonyl (C=O) groups is 1. The van der Waals surface area contributed by atoms with Crippen molar-refractivity contribution in [2.24, 2.45) is 0 Å². The van der Waals surface area contributed by atoms with Crippen molar-refractivity contribution >= 4 is 56.6 Å². The van der Waals surface area contributed by atoms with Crippen LogP contribution in [0.1, 0.15) is 11.1 Å². The fourth-order valence-electron chi connectivity index (χ4n) is 2.77. The lowest BCUT2D eigenvalue weighted by Crippen LogP contribution is -2.39. The average molecular weight is 454 g/mol. The number of aryl methyl sites for hydroxylation is 2. The molecule has 0 spiro atoms. The SMILES string of the molecule is Cc1ccccc1OCC(=O)N(CCN(C)C)c1nc2c(C)c(Cl)ccc2s1.Cl. The van der Waals surface area contributed by atoms with Crippen molar-refractivity contribution in [3.8, 4) is 5.75 Å². The van der Waals surface area contributed by atoms with E-state index < -0.39 is 0 Å². The molecule has 1 aromatic heterocycles. The third kappa shape index (κ3) is 5.60.